The number of halogens is 1. The van der Waals surface area contributed by atoms with Crippen molar-refractivity contribution < 1.29 is 14.4 Å². The van der Waals surface area contributed by atoms with Crippen molar-refractivity contribution in [2.75, 3.05) is 17.2 Å². The summed E-state index contributed by atoms with van der Waals surface area (Å²) in [7, 11) is 0. The molecule has 4 heterocycles. The summed E-state index contributed by atoms with van der Waals surface area (Å²) in [6.45, 7) is 2.49. The van der Waals surface area contributed by atoms with Gasteiger partial charge in [-0.05, 0) is 49.6 Å². The van der Waals surface area contributed by atoms with E-state index >= 15 is 0 Å². The Hall–Kier alpha value is -3.48. The first-order chi connectivity index (χ1) is 17.4. The second kappa shape index (κ2) is 7.28. The summed E-state index contributed by atoms with van der Waals surface area (Å²) in [5.74, 6) is -1.63. The van der Waals surface area contributed by atoms with Crippen molar-refractivity contribution in [3.63, 3.8) is 0 Å². The van der Waals surface area contributed by atoms with E-state index in [1.54, 1.807) is 18.2 Å². The van der Waals surface area contributed by atoms with Gasteiger partial charge in [0.25, 0.3) is 0 Å². The predicted octanol–water partition coefficient (Wildman–Crippen LogP) is 4.66. The topological polar surface area (TPSA) is 78.5 Å². The molecule has 3 aromatic carbocycles. The molecule has 0 aromatic heterocycles. The molecule has 4 aliphatic rings. The van der Waals surface area contributed by atoms with Gasteiger partial charge in [0.05, 0.1) is 11.6 Å². The molecule has 0 bridgehead atoms. The Morgan fingerprint density at radius 2 is 1.69 bits per heavy atom. The number of hydrogen-bond acceptors (Lipinski definition) is 4. The fourth-order valence-electron chi connectivity index (χ4n) is 7.50. The molecule has 0 saturated carbocycles. The van der Waals surface area contributed by atoms with Crippen molar-refractivity contribution in [2.45, 2.75) is 36.8 Å². The molecule has 3 aromatic rings. The molecule has 7 rings (SSSR count). The molecule has 2 N–H and O–H groups in total. The van der Waals surface area contributed by atoms with E-state index < -0.39 is 16.9 Å². The van der Waals surface area contributed by atoms with Crippen LogP contribution in [-0.4, -0.2) is 35.1 Å². The summed E-state index contributed by atoms with van der Waals surface area (Å²) < 4.78 is 0. The number of nitrogens with zero attached hydrogens (tertiary/aromatic N) is 1. The van der Waals surface area contributed by atoms with Crippen molar-refractivity contribution >= 4 is 40.6 Å². The molecule has 4 aliphatic heterocycles. The molecule has 6 nitrogen and oxygen atoms in total. The highest BCUT2D eigenvalue weighted by molar-refractivity contribution is 6.32. The van der Waals surface area contributed by atoms with Crippen molar-refractivity contribution in [1.29, 1.82) is 0 Å². The molecule has 2 fully saturated rings. The molecular weight excluding hydrogens is 474 g/mol. The molecule has 180 valence electrons. The number of rotatable bonds is 2. The predicted molar refractivity (Wildman–Crippen MR) is 137 cm³/mol. The minimum Gasteiger partial charge on any atom is -0.325 e. The first kappa shape index (κ1) is 21.8. The zero-order chi connectivity index (χ0) is 24.8. The van der Waals surface area contributed by atoms with Crippen LogP contribution in [0, 0.1) is 12.8 Å². The molecular formula is C29H24ClN3O3. The van der Waals surface area contributed by atoms with Gasteiger partial charge in [-0.2, -0.15) is 0 Å². The Labute approximate surface area is 213 Å². The molecule has 2 amide bonds. The van der Waals surface area contributed by atoms with Gasteiger partial charge in [0.15, 0.2) is 5.78 Å². The molecule has 0 aliphatic carbocycles. The van der Waals surface area contributed by atoms with Crippen molar-refractivity contribution in [1.82, 2.24) is 4.90 Å². The fourth-order valence-corrected chi connectivity index (χ4v) is 7.66. The van der Waals surface area contributed by atoms with Crippen LogP contribution in [0.5, 0.6) is 0 Å². The highest BCUT2D eigenvalue weighted by atomic mass is 35.5. The monoisotopic (exact) mass is 497 g/mol. The van der Waals surface area contributed by atoms with E-state index in [1.165, 1.54) is 0 Å². The first-order valence-electron chi connectivity index (χ1n) is 12.3. The average Bonchev–Trinajstić information content (AvgIpc) is 3.61. The van der Waals surface area contributed by atoms with Crippen LogP contribution >= 0.6 is 11.6 Å². The molecule has 36 heavy (non-hydrogen) atoms. The first-order valence-corrected chi connectivity index (χ1v) is 12.7. The van der Waals surface area contributed by atoms with Crippen LogP contribution < -0.4 is 10.6 Å². The van der Waals surface area contributed by atoms with E-state index in [2.05, 4.69) is 15.5 Å². The van der Waals surface area contributed by atoms with E-state index in [0.717, 1.165) is 29.5 Å². The van der Waals surface area contributed by atoms with Crippen LogP contribution in [0.1, 0.15) is 39.9 Å². The standard InChI is InChI=1S/C29H24ClN3O3/c1-16-20(30)14-13-19-23(16)32-27(36)29(19)25(24(34)17-8-3-2-4-9-17)28(22-12-7-15-33(22)29)18-10-5-6-11-21(18)31-26(28)35/h2-6,8-11,13-14,22,25H,7,12,15H2,1H3,(H,31,35)(H,32,36)/t22-,25-,28+,29+/m0/s1. The normalized spacial score (nSPS) is 29.8. The minimum atomic E-state index is -1.33. The van der Waals surface area contributed by atoms with Crippen LogP contribution in [0.2, 0.25) is 5.02 Å². The van der Waals surface area contributed by atoms with Gasteiger partial charge in [-0.3, -0.25) is 19.3 Å². The van der Waals surface area contributed by atoms with Crippen LogP contribution in [0.15, 0.2) is 66.7 Å². The Morgan fingerprint density at radius 1 is 0.944 bits per heavy atom. The maximum absolute atomic E-state index is 14.7. The summed E-state index contributed by atoms with van der Waals surface area (Å²) in [5.41, 5.74) is 1.61. The third kappa shape index (κ3) is 2.34. The lowest BCUT2D eigenvalue weighted by atomic mass is 9.60. The lowest BCUT2D eigenvalue weighted by Crippen LogP contribution is -2.55. The number of nitrogens with one attached hydrogen (secondary N) is 2. The van der Waals surface area contributed by atoms with Gasteiger partial charge in [0, 0.05) is 27.9 Å². The van der Waals surface area contributed by atoms with Crippen LogP contribution in [0.25, 0.3) is 0 Å². The van der Waals surface area contributed by atoms with E-state index in [-0.39, 0.29) is 23.6 Å². The van der Waals surface area contributed by atoms with Crippen LogP contribution in [0.4, 0.5) is 11.4 Å². The molecule has 2 spiro atoms. The van der Waals surface area contributed by atoms with Gasteiger partial charge >= 0.3 is 0 Å². The number of benzene rings is 3. The second-order valence-electron chi connectivity index (χ2n) is 10.2. The molecule has 2 saturated heterocycles. The summed E-state index contributed by atoms with van der Waals surface area (Å²) in [5, 5.41) is 6.71. The second-order valence-corrected chi connectivity index (χ2v) is 10.6. The van der Waals surface area contributed by atoms with Crippen LogP contribution in [0.3, 0.4) is 0 Å². The number of Topliss-reactive ketones (excluding diaryl/α,β-unsaturated/α-hetero) is 1. The molecule has 7 heteroatoms. The van der Waals surface area contributed by atoms with Crippen molar-refractivity contribution in [3.8, 4) is 0 Å². The zero-order valence-corrected chi connectivity index (χ0v) is 20.4. The van der Waals surface area contributed by atoms with Gasteiger partial charge < -0.3 is 10.6 Å². The Morgan fingerprint density at radius 3 is 2.50 bits per heavy atom. The van der Waals surface area contributed by atoms with Crippen LogP contribution in [-0.2, 0) is 20.5 Å². The zero-order valence-electron chi connectivity index (χ0n) is 19.7. The van der Waals surface area contributed by atoms with Gasteiger partial charge in [-0.1, -0.05) is 66.2 Å². The van der Waals surface area contributed by atoms with Gasteiger partial charge in [0.2, 0.25) is 11.8 Å². The number of anilines is 2. The minimum absolute atomic E-state index is 0.201. The largest absolute Gasteiger partial charge is 0.325 e. The summed E-state index contributed by atoms with van der Waals surface area (Å²) in [6, 6.07) is 20.0. The molecule has 0 radical (unpaired) electrons. The number of fused-ring (bicyclic) bond motifs is 7. The maximum Gasteiger partial charge on any atom is 0.250 e. The number of ketones is 1. The quantitative estimate of drug-likeness (QED) is 0.505. The summed E-state index contributed by atoms with van der Waals surface area (Å²) in [6.07, 6.45) is 1.56. The Kier molecular flexibility index (Phi) is 4.40. The van der Waals surface area contributed by atoms with E-state index in [9.17, 15) is 14.4 Å². The molecule has 0 unspecified atom stereocenters. The number of amides is 2. The van der Waals surface area contributed by atoms with E-state index in [1.807, 2.05) is 55.5 Å². The maximum atomic E-state index is 14.7. The van der Waals surface area contributed by atoms with Gasteiger partial charge in [0.1, 0.15) is 11.0 Å². The SMILES string of the molecule is Cc1c(Cl)ccc2c1NC(=O)[C@]21[C@@H](C(=O)c2ccccc2)[C@]2(C(=O)Nc3ccccc32)[C@@H]2CCCN21. The highest BCUT2D eigenvalue weighted by Gasteiger charge is 2.78. The fraction of sp³-hybridized carbons (Fsp3) is 0.276. The summed E-state index contributed by atoms with van der Waals surface area (Å²) in [4.78, 5) is 45.3. The average molecular weight is 498 g/mol. The summed E-state index contributed by atoms with van der Waals surface area (Å²) >= 11 is 6.46. The van der Waals surface area contributed by atoms with E-state index in [0.29, 0.717) is 28.5 Å². The Bertz CT molecular complexity index is 1490. The Balaban J connectivity index is 1.60. The third-order valence-corrected chi connectivity index (χ3v) is 9.23. The highest BCUT2D eigenvalue weighted by Crippen LogP contribution is 2.66. The number of carbonyl (C=O) groups excluding carboxylic acids is 3. The van der Waals surface area contributed by atoms with E-state index in [4.69, 9.17) is 11.6 Å². The number of carbonyl (C=O) groups is 3. The third-order valence-electron chi connectivity index (χ3n) is 8.82. The lowest BCUT2D eigenvalue weighted by Gasteiger charge is -2.38. The lowest BCUT2D eigenvalue weighted by molar-refractivity contribution is -0.128. The van der Waals surface area contributed by atoms with Crippen molar-refractivity contribution in [2.24, 2.45) is 5.92 Å². The van der Waals surface area contributed by atoms with Gasteiger partial charge in [-0.25, -0.2) is 0 Å². The smallest absolute Gasteiger partial charge is 0.250 e. The number of hydrogen-bond donors (Lipinski definition) is 2. The van der Waals surface area contributed by atoms with Gasteiger partial charge in [-0.15, -0.1) is 0 Å². The molecule has 4 atom stereocenters. The number of para-hydroxylation sites is 1. The van der Waals surface area contributed by atoms with Crippen molar-refractivity contribution in [3.05, 3.63) is 94.0 Å².